The first kappa shape index (κ1) is 12.1. The molecule has 92 valence electrons. The van der Waals surface area contributed by atoms with Gasteiger partial charge in [0.05, 0.1) is 5.52 Å². The number of fused-ring (bicyclic) bond motifs is 1. The number of hydrogen-bond donors (Lipinski definition) is 1. The molecule has 0 bridgehead atoms. The average molecular weight is 234 g/mol. The first-order chi connectivity index (χ1) is 7.80. The average Bonchev–Trinajstić information content (AvgIpc) is 2.61. The maximum atomic E-state index is 14.2. The van der Waals surface area contributed by atoms with Gasteiger partial charge in [0.1, 0.15) is 11.3 Å². The second-order valence-electron chi connectivity index (χ2n) is 5.86. The maximum absolute atomic E-state index is 14.2. The minimum absolute atomic E-state index is 0.0938. The molecule has 1 N–H and O–H groups in total. The SMILES string of the molecule is CC(C)c1ccc2[nH]c(C(C)(C)C)nc2c1F. The van der Waals surface area contributed by atoms with E-state index < -0.39 is 0 Å². The van der Waals surface area contributed by atoms with Crippen LogP contribution in [0.1, 0.15) is 51.9 Å². The highest BCUT2D eigenvalue weighted by atomic mass is 19.1. The number of nitrogens with zero attached hydrogens (tertiary/aromatic N) is 1. The summed E-state index contributed by atoms with van der Waals surface area (Å²) in [4.78, 5) is 7.59. The van der Waals surface area contributed by atoms with Crippen LogP contribution in [0, 0.1) is 5.82 Å². The molecule has 2 aromatic rings. The van der Waals surface area contributed by atoms with Crippen LogP contribution in [-0.4, -0.2) is 9.97 Å². The Kier molecular flexibility index (Phi) is 2.72. The van der Waals surface area contributed by atoms with Crippen LogP contribution in [-0.2, 0) is 5.41 Å². The molecule has 2 rings (SSSR count). The summed E-state index contributed by atoms with van der Waals surface area (Å²) >= 11 is 0. The molecule has 0 fully saturated rings. The lowest BCUT2D eigenvalue weighted by Crippen LogP contribution is -2.13. The number of imidazole rings is 1. The summed E-state index contributed by atoms with van der Waals surface area (Å²) in [6, 6.07) is 3.75. The predicted molar refractivity (Wildman–Crippen MR) is 68.8 cm³/mol. The van der Waals surface area contributed by atoms with Crippen molar-refractivity contribution >= 4 is 11.0 Å². The molecule has 0 unspecified atom stereocenters. The van der Waals surface area contributed by atoms with Crippen LogP contribution >= 0.6 is 0 Å². The van der Waals surface area contributed by atoms with Crippen LogP contribution in [0.4, 0.5) is 4.39 Å². The molecule has 3 heteroatoms. The van der Waals surface area contributed by atoms with E-state index in [1.54, 1.807) is 0 Å². The van der Waals surface area contributed by atoms with Crippen molar-refractivity contribution in [2.75, 3.05) is 0 Å². The minimum Gasteiger partial charge on any atom is -0.341 e. The van der Waals surface area contributed by atoms with E-state index in [0.717, 1.165) is 16.9 Å². The summed E-state index contributed by atoms with van der Waals surface area (Å²) in [5.74, 6) is 0.811. The molecular formula is C14H19FN2. The van der Waals surface area contributed by atoms with E-state index in [0.29, 0.717) is 5.52 Å². The van der Waals surface area contributed by atoms with Crippen molar-refractivity contribution in [3.05, 3.63) is 29.3 Å². The number of rotatable bonds is 1. The molecule has 0 atom stereocenters. The number of halogens is 1. The van der Waals surface area contributed by atoms with Crippen molar-refractivity contribution in [2.45, 2.75) is 46.0 Å². The highest BCUT2D eigenvalue weighted by Crippen LogP contribution is 2.28. The van der Waals surface area contributed by atoms with Gasteiger partial charge in [0.2, 0.25) is 0 Å². The number of H-pyrrole nitrogens is 1. The zero-order chi connectivity index (χ0) is 12.8. The predicted octanol–water partition coefficient (Wildman–Crippen LogP) is 4.12. The topological polar surface area (TPSA) is 28.7 Å². The van der Waals surface area contributed by atoms with Gasteiger partial charge in [0, 0.05) is 5.41 Å². The second kappa shape index (κ2) is 3.83. The van der Waals surface area contributed by atoms with Gasteiger partial charge in [-0.2, -0.15) is 0 Å². The quantitative estimate of drug-likeness (QED) is 0.789. The standard InChI is InChI=1S/C14H19FN2/c1-8(2)9-6-7-10-12(11(9)15)17-13(16-10)14(3,4)5/h6-8H,1-5H3,(H,16,17). The van der Waals surface area contributed by atoms with Crippen molar-refractivity contribution in [2.24, 2.45) is 0 Å². The van der Waals surface area contributed by atoms with E-state index >= 15 is 0 Å². The molecule has 0 aliphatic carbocycles. The Bertz CT molecular complexity index is 547. The van der Waals surface area contributed by atoms with Crippen molar-refractivity contribution in [1.82, 2.24) is 9.97 Å². The molecule has 0 aliphatic heterocycles. The van der Waals surface area contributed by atoms with E-state index in [4.69, 9.17) is 0 Å². The first-order valence-corrected chi connectivity index (χ1v) is 5.99. The minimum atomic E-state index is -0.191. The Morgan fingerprint density at radius 3 is 2.41 bits per heavy atom. The van der Waals surface area contributed by atoms with E-state index in [1.165, 1.54) is 0 Å². The van der Waals surface area contributed by atoms with Crippen molar-refractivity contribution in [3.8, 4) is 0 Å². The first-order valence-electron chi connectivity index (χ1n) is 5.99. The van der Waals surface area contributed by atoms with Crippen molar-refractivity contribution < 1.29 is 4.39 Å². The summed E-state index contributed by atoms with van der Waals surface area (Å²) in [5, 5.41) is 0. The van der Waals surface area contributed by atoms with Gasteiger partial charge in [-0.15, -0.1) is 0 Å². The van der Waals surface area contributed by atoms with Gasteiger partial charge in [-0.3, -0.25) is 0 Å². The molecule has 1 aromatic heterocycles. The molecular weight excluding hydrogens is 215 g/mol. The maximum Gasteiger partial charge on any atom is 0.154 e. The normalized spacial score (nSPS) is 12.6. The third-order valence-corrected chi connectivity index (χ3v) is 2.96. The van der Waals surface area contributed by atoms with E-state index in [-0.39, 0.29) is 17.2 Å². The Morgan fingerprint density at radius 1 is 1.24 bits per heavy atom. The van der Waals surface area contributed by atoms with E-state index in [9.17, 15) is 4.39 Å². The fourth-order valence-corrected chi connectivity index (χ4v) is 1.86. The summed E-state index contributed by atoms with van der Waals surface area (Å²) in [5.41, 5.74) is 1.87. The lowest BCUT2D eigenvalue weighted by molar-refractivity contribution is 0.553. The molecule has 1 heterocycles. The summed E-state index contributed by atoms with van der Waals surface area (Å²) in [6.07, 6.45) is 0. The Hall–Kier alpha value is -1.38. The third-order valence-electron chi connectivity index (χ3n) is 2.96. The molecule has 17 heavy (non-hydrogen) atoms. The van der Waals surface area contributed by atoms with Gasteiger partial charge in [-0.1, -0.05) is 40.7 Å². The number of nitrogens with one attached hydrogen (secondary N) is 1. The summed E-state index contributed by atoms with van der Waals surface area (Å²) < 4.78 is 14.2. The van der Waals surface area contributed by atoms with E-state index in [1.807, 2.05) is 26.0 Å². The summed E-state index contributed by atoms with van der Waals surface area (Å²) in [6.45, 7) is 10.2. The Morgan fingerprint density at radius 2 is 1.88 bits per heavy atom. The van der Waals surface area contributed by atoms with Gasteiger partial charge in [-0.05, 0) is 17.5 Å². The molecule has 0 spiro atoms. The van der Waals surface area contributed by atoms with Crippen molar-refractivity contribution in [3.63, 3.8) is 0 Å². The van der Waals surface area contributed by atoms with Crippen molar-refractivity contribution in [1.29, 1.82) is 0 Å². The molecule has 0 saturated heterocycles. The number of aromatic amines is 1. The molecule has 0 aliphatic rings. The molecule has 0 amide bonds. The molecule has 1 aromatic carbocycles. The molecule has 0 radical (unpaired) electrons. The van der Waals surface area contributed by atoms with Crippen LogP contribution in [0.15, 0.2) is 12.1 Å². The number of aromatic nitrogens is 2. The van der Waals surface area contributed by atoms with Crippen LogP contribution in [0.25, 0.3) is 11.0 Å². The zero-order valence-corrected chi connectivity index (χ0v) is 11.1. The van der Waals surface area contributed by atoms with E-state index in [2.05, 4.69) is 30.7 Å². The van der Waals surface area contributed by atoms with Crippen LogP contribution in [0.2, 0.25) is 0 Å². The number of hydrogen-bond acceptors (Lipinski definition) is 1. The van der Waals surface area contributed by atoms with Crippen LogP contribution < -0.4 is 0 Å². The second-order valence-corrected chi connectivity index (χ2v) is 5.86. The highest BCUT2D eigenvalue weighted by Gasteiger charge is 2.20. The Balaban J connectivity index is 2.66. The van der Waals surface area contributed by atoms with Gasteiger partial charge < -0.3 is 4.98 Å². The van der Waals surface area contributed by atoms with Gasteiger partial charge >= 0.3 is 0 Å². The smallest absolute Gasteiger partial charge is 0.154 e. The molecule has 2 nitrogen and oxygen atoms in total. The van der Waals surface area contributed by atoms with Gasteiger partial charge in [0.15, 0.2) is 5.82 Å². The van der Waals surface area contributed by atoms with Crippen LogP contribution in [0.3, 0.4) is 0 Å². The largest absolute Gasteiger partial charge is 0.341 e. The lowest BCUT2D eigenvalue weighted by Gasteiger charge is -2.13. The lowest BCUT2D eigenvalue weighted by atomic mass is 9.96. The Labute approximate surface area is 101 Å². The van der Waals surface area contributed by atoms with Crippen LogP contribution in [0.5, 0.6) is 0 Å². The third kappa shape index (κ3) is 2.06. The van der Waals surface area contributed by atoms with Gasteiger partial charge in [-0.25, -0.2) is 9.37 Å². The highest BCUT2D eigenvalue weighted by molar-refractivity contribution is 5.77. The van der Waals surface area contributed by atoms with Gasteiger partial charge in [0.25, 0.3) is 0 Å². The summed E-state index contributed by atoms with van der Waals surface area (Å²) in [7, 11) is 0. The molecule has 0 saturated carbocycles. The number of benzene rings is 1. The monoisotopic (exact) mass is 234 g/mol. The fourth-order valence-electron chi connectivity index (χ4n) is 1.86. The fraction of sp³-hybridized carbons (Fsp3) is 0.500. The zero-order valence-electron chi connectivity index (χ0n) is 11.1.